The number of amides is 2. The van der Waals surface area contributed by atoms with Gasteiger partial charge in [-0.25, -0.2) is 0 Å². The zero-order valence-corrected chi connectivity index (χ0v) is 15.5. The molecule has 2 amide bonds. The Morgan fingerprint density at radius 1 is 0.739 bits per heavy atom. The smallest absolute Gasteiger partial charge is 0.265 e. The number of carbonyl (C=O) groups is 2. The molecule has 5 heteroatoms. The summed E-state index contributed by atoms with van der Waals surface area (Å²) in [5, 5.41) is 0.224. The van der Waals surface area contributed by atoms with E-state index in [1.165, 1.54) is 26.5 Å². The Morgan fingerprint density at radius 2 is 1.09 bits per heavy atom. The van der Waals surface area contributed by atoms with Gasteiger partial charge in [-0.1, -0.05) is 0 Å². The lowest BCUT2D eigenvalue weighted by atomic mass is 9.88. The van der Waals surface area contributed by atoms with Crippen molar-refractivity contribution in [1.82, 2.24) is 9.80 Å². The largest absolute Gasteiger partial charge is 0.288 e. The zero-order valence-electron chi connectivity index (χ0n) is 14.7. The molecule has 1 fully saturated rings. The van der Waals surface area contributed by atoms with Crippen LogP contribution < -0.4 is 0 Å². The molecule has 1 aromatic carbocycles. The van der Waals surface area contributed by atoms with Gasteiger partial charge in [-0.15, -0.1) is 0 Å². The second kappa shape index (κ2) is 5.89. The van der Waals surface area contributed by atoms with Crippen LogP contribution >= 0.6 is 12.2 Å². The second-order valence-electron chi connectivity index (χ2n) is 6.11. The van der Waals surface area contributed by atoms with Gasteiger partial charge in [0.05, 0.1) is 0 Å². The van der Waals surface area contributed by atoms with E-state index < -0.39 is 0 Å². The third kappa shape index (κ3) is 2.59. The van der Waals surface area contributed by atoms with Crippen LogP contribution in [0.3, 0.4) is 0 Å². The van der Waals surface area contributed by atoms with Gasteiger partial charge in [-0.05, 0) is 86.3 Å². The van der Waals surface area contributed by atoms with Gasteiger partial charge >= 0.3 is 0 Å². The average molecular weight is 330 g/mol. The Morgan fingerprint density at radius 3 is 1.48 bits per heavy atom. The van der Waals surface area contributed by atoms with E-state index in [0.29, 0.717) is 0 Å². The van der Waals surface area contributed by atoms with Crippen LogP contribution in [0.25, 0.3) is 6.08 Å². The molecule has 4 nitrogen and oxygen atoms in total. The molecule has 1 saturated heterocycles. The molecule has 0 bridgehead atoms. The van der Waals surface area contributed by atoms with Crippen LogP contribution in [-0.4, -0.2) is 40.8 Å². The van der Waals surface area contributed by atoms with E-state index in [2.05, 4.69) is 20.8 Å². The molecule has 0 atom stereocenters. The van der Waals surface area contributed by atoms with Gasteiger partial charge in [0.25, 0.3) is 11.8 Å². The van der Waals surface area contributed by atoms with E-state index in [1.807, 2.05) is 13.8 Å². The van der Waals surface area contributed by atoms with Crippen molar-refractivity contribution in [3.05, 3.63) is 39.0 Å². The van der Waals surface area contributed by atoms with Crippen LogP contribution in [0.4, 0.5) is 0 Å². The van der Waals surface area contributed by atoms with Gasteiger partial charge in [0.2, 0.25) is 0 Å². The second-order valence-corrected chi connectivity index (χ2v) is 6.47. The van der Waals surface area contributed by atoms with Gasteiger partial charge in [0, 0.05) is 14.1 Å². The first kappa shape index (κ1) is 17.3. The lowest BCUT2D eigenvalue weighted by Crippen LogP contribution is -2.52. The van der Waals surface area contributed by atoms with Crippen molar-refractivity contribution in [2.75, 3.05) is 14.1 Å². The van der Waals surface area contributed by atoms with E-state index in [1.54, 1.807) is 20.2 Å². The number of hydrogen-bond donors (Lipinski definition) is 0. The molecule has 0 radical (unpaired) electrons. The van der Waals surface area contributed by atoms with Gasteiger partial charge in [0.15, 0.2) is 5.11 Å². The number of nitrogens with zero attached hydrogens (tertiary/aromatic N) is 2. The van der Waals surface area contributed by atoms with Crippen molar-refractivity contribution < 1.29 is 9.59 Å². The lowest BCUT2D eigenvalue weighted by Gasteiger charge is -2.32. The Balaban J connectivity index is 2.69. The normalized spacial score (nSPS) is 15.6. The maximum absolute atomic E-state index is 12.5. The Hall–Kier alpha value is -2.01. The summed E-state index contributed by atoms with van der Waals surface area (Å²) in [4.78, 5) is 27.6. The zero-order chi connectivity index (χ0) is 17.6. The predicted octanol–water partition coefficient (Wildman–Crippen LogP) is 2.83. The van der Waals surface area contributed by atoms with Crippen LogP contribution in [0.1, 0.15) is 33.4 Å². The molecule has 1 aromatic rings. The van der Waals surface area contributed by atoms with E-state index in [9.17, 15) is 9.59 Å². The molecule has 0 unspecified atom stereocenters. The highest BCUT2D eigenvalue weighted by Crippen LogP contribution is 2.29. The number of rotatable bonds is 1. The molecule has 23 heavy (non-hydrogen) atoms. The Labute approximate surface area is 142 Å². The van der Waals surface area contributed by atoms with Crippen LogP contribution in [0.15, 0.2) is 5.57 Å². The molecule has 0 N–H and O–H groups in total. The van der Waals surface area contributed by atoms with Crippen LogP contribution in [0, 0.1) is 34.6 Å². The van der Waals surface area contributed by atoms with Gasteiger partial charge < -0.3 is 0 Å². The first-order chi connectivity index (χ1) is 10.6. The minimum absolute atomic E-state index is 0.150. The summed E-state index contributed by atoms with van der Waals surface area (Å²) >= 11 is 5.12. The molecule has 1 aliphatic heterocycles. The van der Waals surface area contributed by atoms with E-state index in [4.69, 9.17) is 12.2 Å². The predicted molar refractivity (Wildman–Crippen MR) is 96.2 cm³/mol. The summed E-state index contributed by atoms with van der Waals surface area (Å²) in [6.45, 7) is 10.3. The summed E-state index contributed by atoms with van der Waals surface area (Å²) in [6, 6.07) is 0. The van der Waals surface area contributed by atoms with Crippen molar-refractivity contribution in [1.29, 1.82) is 0 Å². The number of hydrogen-bond acceptors (Lipinski definition) is 3. The van der Waals surface area contributed by atoms with Gasteiger partial charge in [-0.3, -0.25) is 19.4 Å². The minimum Gasteiger partial charge on any atom is -0.288 e. The van der Waals surface area contributed by atoms with E-state index >= 15 is 0 Å². The fourth-order valence-corrected chi connectivity index (χ4v) is 3.03. The Bertz CT molecular complexity index is 723. The van der Waals surface area contributed by atoms with Crippen LogP contribution in [0.5, 0.6) is 0 Å². The third-order valence-electron chi connectivity index (χ3n) is 4.99. The van der Waals surface area contributed by atoms with E-state index in [0.717, 1.165) is 16.7 Å². The van der Waals surface area contributed by atoms with Crippen molar-refractivity contribution in [3.63, 3.8) is 0 Å². The highest BCUT2D eigenvalue weighted by molar-refractivity contribution is 7.80. The van der Waals surface area contributed by atoms with Gasteiger partial charge in [0.1, 0.15) is 5.57 Å². The first-order valence-electron chi connectivity index (χ1n) is 7.48. The molecule has 122 valence electrons. The molecule has 0 spiro atoms. The lowest BCUT2D eigenvalue weighted by molar-refractivity contribution is -0.132. The third-order valence-corrected chi connectivity index (χ3v) is 5.54. The fraction of sp³-hybridized carbons (Fsp3) is 0.389. The molecule has 1 aliphatic rings. The summed E-state index contributed by atoms with van der Waals surface area (Å²) in [6.07, 6.45) is 1.71. The average Bonchev–Trinajstić information content (AvgIpc) is 2.54. The van der Waals surface area contributed by atoms with Crippen molar-refractivity contribution in [3.8, 4) is 0 Å². The van der Waals surface area contributed by atoms with Gasteiger partial charge in [-0.2, -0.15) is 0 Å². The van der Waals surface area contributed by atoms with Crippen LogP contribution in [-0.2, 0) is 9.59 Å². The highest BCUT2D eigenvalue weighted by Gasteiger charge is 2.35. The maximum atomic E-state index is 12.5. The fourth-order valence-electron chi connectivity index (χ4n) is 2.86. The molecule has 0 aromatic heterocycles. The Kier molecular flexibility index (Phi) is 4.44. The molecule has 0 saturated carbocycles. The summed E-state index contributed by atoms with van der Waals surface area (Å²) in [7, 11) is 3.18. The van der Waals surface area contributed by atoms with E-state index in [-0.39, 0.29) is 22.5 Å². The summed E-state index contributed by atoms with van der Waals surface area (Å²) in [5.41, 5.74) is 6.91. The number of carbonyl (C=O) groups excluding carboxylic acids is 2. The van der Waals surface area contributed by atoms with Crippen molar-refractivity contribution >= 4 is 35.2 Å². The number of benzene rings is 1. The maximum Gasteiger partial charge on any atom is 0.265 e. The molecule has 1 heterocycles. The minimum atomic E-state index is -0.354. The standard InChI is InChI=1S/C18H22N2O2S/c1-9-10(2)12(4)14(13(5)11(9)3)8-15-16(21)19(6)18(23)20(7)17(15)22/h8H,1-7H3. The highest BCUT2D eigenvalue weighted by atomic mass is 32.1. The monoisotopic (exact) mass is 330 g/mol. The topological polar surface area (TPSA) is 40.6 Å². The number of thiocarbonyl (C=S) groups is 1. The molecular formula is C18H22N2O2S. The summed E-state index contributed by atoms with van der Waals surface area (Å²) in [5.74, 6) is -0.708. The molecular weight excluding hydrogens is 308 g/mol. The molecule has 2 rings (SSSR count). The van der Waals surface area contributed by atoms with Crippen molar-refractivity contribution in [2.45, 2.75) is 34.6 Å². The summed E-state index contributed by atoms with van der Waals surface area (Å²) < 4.78 is 0. The van der Waals surface area contributed by atoms with Crippen molar-refractivity contribution in [2.24, 2.45) is 0 Å². The quantitative estimate of drug-likeness (QED) is 0.452. The SMILES string of the molecule is Cc1c(C)c(C)c(C=C2C(=O)N(C)C(=S)N(C)C2=O)c(C)c1C. The first-order valence-corrected chi connectivity index (χ1v) is 7.89. The van der Waals surface area contributed by atoms with Crippen LogP contribution in [0.2, 0.25) is 0 Å². The number of likely N-dealkylation sites (N-methyl/N-ethyl adjacent to an activating group) is 2. The molecule has 0 aliphatic carbocycles.